The van der Waals surface area contributed by atoms with Crippen LogP contribution in [0.4, 0.5) is 5.69 Å². The van der Waals surface area contributed by atoms with E-state index in [2.05, 4.69) is 21.2 Å². The first kappa shape index (κ1) is 23.1. The van der Waals surface area contributed by atoms with E-state index in [1.54, 1.807) is 31.4 Å². The molecule has 0 spiro atoms. The van der Waals surface area contributed by atoms with Crippen molar-refractivity contribution < 1.29 is 19.4 Å². The van der Waals surface area contributed by atoms with E-state index in [0.29, 0.717) is 18.0 Å². The van der Waals surface area contributed by atoms with Gasteiger partial charge in [-0.15, -0.1) is 0 Å². The van der Waals surface area contributed by atoms with Crippen LogP contribution in [0, 0.1) is 5.92 Å². The second kappa shape index (κ2) is 11.1. The smallest absolute Gasteiger partial charge is 0.308 e. The molecule has 0 saturated carbocycles. The van der Waals surface area contributed by atoms with E-state index in [4.69, 9.17) is 16.3 Å². The number of carbonyl (C=O) groups is 2. The highest BCUT2D eigenvalue weighted by atomic mass is 35.5. The Bertz CT molecular complexity index is 883. The van der Waals surface area contributed by atoms with Crippen LogP contribution in [-0.4, -0.2) is 66.6 Å². The Morgan fingerprint density at radius 2 is 1.77 bits per heavy atom. The maximum absolute atomic E-state index is 12.4. The molecule has 1 amide bonds. The number of aliphatic carboxylic acids is 1. The van der Waals surface area contributed by atoms with Gasteiger partial charge in [0.1, 0.15) is 5.75 Å². The molecule has 1 saturated heterocycles. The third kappa shape index (κ3) is 7.24. The normalized spacial score (nSPS) is 15.9. The van der Waals surface area contributed by atoms with Crippen molar-refractivity contribution in [3.8, 4) is 5.75 Å². The van der Waals surface area contributed by atoms with Gasteiger partial charge in [0, 0.05) is 56.4 Å². The van der Waals surface area contributed by atoms with E-state index in [9.17, 15) is 14.7 Å². The summed E-state index contributed by atoms with van der Waals surface area (Å²) in [4.78, 5) is 28.5. The number of anilines is 1. The average Bonchev–Trinajstić information content (AvgIpc) is 2.75. The van der Waals surface area contributed by atoms with Gasteiger partial charge < -0.3 is 15.2 Å². The first-order chi connectivity index (χ1) is 14.9. The standard InChI is InChI=1S/C23H28ClN3O4/c1-31-21-7-5-20(6-8-21)25-22(28)14-18(23(29)30)16-27-11-9-26(10-12-27)15-17-3-2-4-19(24)13-17/h2-8,13,18H,9-12,14-16H2,1H3,(H,25,28)(H,29,30)/t18-/m1/s1. The Morgan fingerprint density at radius 1 is 1.10 bits per heavy atom. The molecule has 1 atom stereocenters. The molecule has 8 heteroatoms. The molecule has 2 aromatic carbocycles. The van der Waals surface area contributed by atoms with Crippen molar-refractivity contribution in [2.75, 3.05) is 45.2 Å². The van der Waals surface area contributed by atoms with Crippen LogP contribution in [0.3, 0.4) is 0 Å². The Balaban J connectivity index is 1.46. The minimum Gasteiger partial charge on any atom is -0.497 e. The van der Waals surface area contributed by atoms with Crippen LogP contribution in [-0.2, 0) is 16.1 Å². The molecule has 1 aliphatic heterocycles. The van der Waals surface area contributed by atoms with Gasteiger partial charge in [-0.1, -0.05) is 23.7 Å². The Labute approximate surface area is 187 Å². The number of rotatable bonds is 9. The third-order valence-corrected chi connectivity index (χ3v) is 5.63. The highest BCUT2D eigenvalue weighted by Crippen LogP contribution is 2.18. The van der Waals surface area contributed by atoms with Crippen LogP contribution in [0.25, 0.3) is 0 Å². The molecule has 166 valence electrons. The SMILES string of the molecule is COc1ccc(NC(=O)C[C@H](CN2CCN(Cc3cccc(Cl)c3)CC2)C(=O)O)cc1. The van der Waals surface area contributed by atoms with E-state index in [1.807, 2.05) is 18.2 Å². The number of ether oxygens (including phenoxy) is 1. The predicted octanol–water partition coefficient (Wildman–Crippen LogP) is 3.20. The molecule has 1 fully saturated rings. The number of carboxylic acids is 1. The van der Waals surface area contributed by atoms with Crippen molar-refractivity contribution in [3.63, 3.8) is 0 Å². The summed E-state index contributed by atoms with van der Waals surface area (Å²) in [5.74, 6) is -1.32. The van der Waals surface area contributed by atoms with Crippen molar-refractivity contribution in [2.45, 2.75) is 13.0 Å². The van der Waals surface area contributed by atoms with Gasteiger partial charge in [0.25, 0.3) is 0 Å². The third-order valence-electron chi connectivity index (χ3n) is 5.39. The molecular weight excluding hydrogens is 418 g/mol. The molecule has 2 aromatic rings. The number of carboxylic acid groups (broad SMARTS) is 1. The summed E-state index contributed by atoms with van der Waals surface area (Å²) in [5.41, 5.74) is 1.78. The molecular formula is C23H28ClN3O4. The van der Waals surface area contributed by atoms with Gasteiger partial charge in [0.15, 0.2) is 0 Å². The number of nitrogens with zero attached hydrogens (tertiary/aromatic N) is 2. The number of hydrogen-bond acceptors (Lipinski definition) is 5. The predicted molar refractivity (Wildman–Crippen MR) is 121 cm³/mol. The van der Waals surface area contributed by atoms with E-state index < -0.39 is 11.9 Å². The summed E-state index contributed by atoms with van der Waals surface area (Å²) in [6, 6.07) is 14.8. The lowest BCUT2D eigenvalue weighted by atomic mass is 10.0. The number of piperazine rings is 1. The largest absolute Gasteiger partial charge is 0.497 e. The molecule has 0 bridgehead atoms. The number of carbonyl (C=O) groups excluding carboxylic acids is 1. The van der Waals surface area contributed by atoms with Gasteiger partial charge >= 0.3 is 5.97 Å². The summed E-state index contributed by atoms with van der Waals surface area (Å²) >= 11 is 6.06. The van der Waals surface area contributed by atoms with Crippen LogP contribution >= 0.6 is 11.6 Å². The van der Waals surface area contributed by atoms with Crippen LogP contribution in [0.2, 0.25) is 5.02 Å². The lowest BCUT2D eigenvalue weighted by molar-refractivity contribution is -0.144. The van der Waals surface area contributed by atoms with Gasteiger partial charge in [-0.3, -0.25) is 19.4 Å². The summed E-state index contributed by atoms with van der Waals surface area (Å²) in [7, 11) is 1.57. The van der Waals surface area contributed by atoms with Crippen molar-refractivity contribution in [3.05, 3.63) is 59.1 Å². The average molecular weight is 446 g/mol. The molecule has 7 nitrogen and oxygen atoms in total. The summed E-state index contributed by atoms with van der Waals surface area (Å²) in [5, 5.41) is 13.1. The minimum absolute atomic E-state index is 0.0654. The number of amides is 1. The lowest BCUT2D eigenvalue weighted by Crippen LogP contribution is -2.48. The molecule has 31 heavy (non-hydrogen) atoms. The van der Waals surface area contributed by atoms with Crippen LogP contribution < -0.4 is 10.1 Å². The summed E-state index contributed by atoms with van der Waals surface area (Å²) in [6.07, 6.45) is -0.0654. The number of benzene rings is 2. The van der Waals surface area contributed by atoms with E-state index in [1.165, 1.54) is 5.56 Å². The molecule has 2 N–H and O–H groups in total. The zero-order chi connectivity index (χ0) is 22.2. The van der Waals surface area contributed by atoms with Crippen molar-refractivity contribution in [1.82, 2.24) is 9.80 Å². The highest BCUT2D eigenvalue weighted by Gasteiger charge is 2.26. The first-order valence-electron chi connectivity index (χ1n) is 10.3. The Morgan fingerprint density at radius 3 is 2.39 bits per heavy atom. The topological polar surface area (TPSA) is 82.1 Å². The van der Waals surface area contributed by atoms with Crippen molar-refractivity contribution >= 4 is 29.2 Å². The lowest BCUT2D eigenvalue weighted by Gasteiger charge is -2.35. The molecule has 3 rings (SSSR count). The molecule has 1 aliphatic rings. The maximum atomic E-state index is 12.4. The van der Waals surface area contributed by atoms with Crippen LogP contribution in [0.15, 0.2) is 48.5 Å². The van der Waals surface area contributed by atoms with E-state index in [-0.39, 0.29) is 12.3 Å². The van der Waals surface area contributed by atoms with Gasteiger partial charge in [-0.2, -0.15) is 0 Å². The van der Waals surface area contributed by atoms with Crippen LogP contribution in [0.1, 0.15) is 12.0 Å². The summed E-state index contributed by atoms with van der Waals surface area (Å²) in [6.45, 7) is 4.40. The Kier molecular flexibility index (Phi) is 8.28. The molecule has 0 unspecified atom stereocenters. The molecule has 0 radical (unpaired) electrons. The maximum Gasteiger partial charge on any atom is 0.308 e. The Hall–Kier alpha value is -2.61. The second-order valence-electron chi connectivity index (χ2n) is 7.72. The van der Waals surface area contributed by atoms with Crippen molar-refractivity contribution in [2.24, 2.45) is 5.92 Å². The number of hydrogen-bond donors (Lipinski definition) is 2. The van der Waals surface area contributed by atoms with E-state index in [0.717, 1.165) is 37.7 Å². The van der Waals surface area contributed by atoms with Gasteiger partial charge in [-0.05, 0) is 42.0 Å². The fourth-order valence-electron chi connectivity index (χ4n) is 3.68. The van der Waals surface area contributed by atoms with Crippen molar-refractivity contribution in [1.29, 1.82) is 0 Å². The highest BCUT2D eigenvalue weighted by molar-refractivity contribution is 6.30. The molecule has 1 heterocycles. The zero-order valence-electron chi connectivity index (χ0n) is 17.6. The number of halogens is 1. The van der Waals surface area contributed by atoms with Crippen LogP contribution in [0.5, 0.6) is 5.75 Å². The quantitative estimate of drug-likeness (QED) is 0.616. The van der Waals surface area contributed by atoms with Gasteiger partial charge in [0.05, 0.1) is 13.0 Å². The fraction of sp³-hybridized carbons (Fsp3) is 0.391. The zero-order valence-corrected chi connectivity index (χ0v) is 18.3. The van der Waals surface area contributed by atoms with Gasteiger partial charge in [0.2, 0.25) is 5.91 Å². The fourth-order valence-corrected chi connectivity index (χ4v) is 3.89. The van der Waals surface area contributed by atoms with Gasteiger partial charge in [-0.25, -0.2) is 0 Å². The number of nitrogens with one attached hydrogen (secondary N) is 1. The number of methoxy groups -OCH3 is 1. The second-order valence-corrected chi connectivity index (χ2v) is 8.16. The monoisotopic (exact) mass is 445 g/mol. The minimum atomic E-state index is -0.953. The molecule has 0 aliphatic carbocycles. The van der Waals surface area contributed by atoms with E-state index >= 15 is 0 Å². The first-order valence-corrected chi connectivity index (χ1v) is 10.7. The summed E-state index contributed by atoms with van der Waals surface area (Å²) < 4.78 is 5.10. The molecule has 0 aromatic heterocycles.